The molecule has 3 heterocycles. The summed E-state index contributed by atoms with van der Waals surface area (Å²) in [4.78, 5) is 34.3. The predicted molar refractivity (Wildman–Crippen MR) is 138 cm³/mol. The van der Waals surface area contributed by atoms with Gasteiger partial charge in [0.25, 0.3) is 5.91 Å². The molecule has 0 aliphatic carbocycles. The minimum atomic E-state index is -0.0734. The highest BCUT2D eigenvalue weighted by Gasteiger charge is 2.30. The van der Waals surface area contributed by atoms with Gasteiger partial charge in [0.1, 0.15) is 11.4 Å². The Morgan fingerprint density at radius 3 is 2.71 bits per heavy atom. The first-order valence-electron chi connectivity index (χ1n) is 12.3. The van der Waals surface area contributed by atoms with Gasteiger partial charge in [-0.15, -0.1) is 0 Å². The molecule has 0 bridgehead atoms. The van der Waals surface area contributed by atoms with E-state index in [4.69, 9.17) is 4.74 Å². The third-order valence-corrected chi connectivity index (χ3v) is 7.38. The molecule has 3 N–H and O–H groups in total. The van der Waals surface area contributed by atoms with E-state index in [1.54, 1.807) is 7.11 Å². The average molecular weight is 473 g/mol. The van der Waals surface area contributed by atoms with Crippen molar-refractivity contribution in [3.05, 3.63) is 66.0 Å². The van der Waals surface area contributed by atoms with E-state index in [0.29, 0.717) is 25.3 Å². The van der Waals surface area contributed by atoms with Gasteiger partial charge in [-0.1, -0.05) is 25.1 Å². The quantitative estimate of drug-likeness (QED) is 0.370. The van der Waals surface area contributed by atoms with Gasteiger partial charge in [0, 0.05) is 59.6 Å². The predicted octanol–water partition coefficient (Wildman–Crippen LogP) is 4.51. The van der Waals surface area contributed by atoms with Crippen LogP contribution in [0.3, 0.4) is 0 Å². The van der Waals surface area contributed by atoms with Crippen molar-refractivity contribution in [2.45, 2.75) is 26.2 Å². The molecular formula is C28H32N4O3. The molecule has 35 heavy (non-hydrogen) atoms. The molecule has 4 aromatic rings. The maximum Gasteiger partial charge on any atom is 0.270 e. The first kappa shape index (κ1) is 23.0. The van der Waals surface area contributed by atoms with Crippen molar-refractivity contribution < 1.29 is 14.3 Å². The number of carbonyl (C=O) groups is 2. The monoisotopic (exact) mass is 472 g/mol. The van der Waals surface area contributed by atoms with E-state index in [1.165, 1.54) is 10.9 Å². The van der Waals surface area contributed by atoms with Crippen LogP contribution in [0.4, 0.5) is 0 Å². The molecule has 0 radical (unpaired) electrons. The number of nitrogens with one attached hydrogen (secondary N) is 3. The molecule has 2 aromatic heterocycles. The number of hydrogen-bond donors (Lipinski definition) is 3. The number of hydrogen-bond acceptors (Lipinski definition) is 3. The molecular weight excluding hydrogens is 440 g/mol. The van der Waals surface area contributed by atoms with E-state index in [9.17, 15) is 9.59 Å². The third kappa shape index (κ3) is 4.76. The number of rotatable bonds is 7. The molecule has 7 heteroatoms. The summed E-state index contributed by atoms with van der Waals surface area (Å²) in [5.41, 5.74) is 3.82. The average Bonchev–Trinajstić information content (AvgIpc) is 3.51. The van der Waals surface area contributed by atoms with Crippen molar-refractivity contribution in [3.63, 3.8) is 0 Å². The summed E-state index contributed by atoms with van der Waals surface area (Å²) in [6, 6.07) is 15.9. The number of para-hydroxylation sites is 1. The van der Waals surface area contributed by atoms with Crippen LogP contribution in [-0.4, -0.2) is 53.4 Å². The van der Waals surface area contributed by atoms with Crippen LogP contribution in [-0.2, 0) is 11.2 Å². The normalized spacial score (nSPS) is 15.4. The van der Waals surface area contributed by atoms with E-state index in [0.717, 1.165) is 41.4 Å². The number of piperidine rings is 1. The summed E-state index contributed by atoms with van der Waals surface area (Å²) in [7, 11) is 1.63. The second-order valence-electron chi connectivity index (χ2n) is 9.46. The Bertz CT molecular complexity index is 1350. The van der Waals surface area contributed by atoms with Gasteiger partial charge in [-0.2, -0.15) is 0 Å². The Hall–Kier alpha value is -3.74. The van der Waals surface area contributed by atoms with Crippen LogP contribution in [0.1, 0.15) is 35.8 Å². The zero-order valence-electron chi connectivity index (χ0n) is 20.3. The second kappa shape index (κ2) is 9.86. The number of fused-ring (bicyclic) bond motifs is 2. The molecule has 7 nitrogen and oxygen atoms in total. The molecule has 1 fully saturated rings. The Morgan fingerprint density at radius 2 is 1.91 bits per heavy atom. The molecule has 1 aliphatic rings. The number of aromatic nitrogens is 2. The van der Waals surface area contributed by atoms with Crippen LogP contribution in [0.15, 0.2) is 54.7 Å². The van der Waals surface area contributed by atoms with Gasteiger partial charge >= 0.3 is 0 Å². The molecule has 1 saturated heterocycles. The van der Waals surface area contributed by atoms with Crippen LogP contribution in [0.2, 0.25) is 0 Å². The standard InChI is InChI=1S/C28H32N4O3/c1-18(27(33)29-12-9-21-17-30-24-6-4-3-5-23(21)24)19-10-13-32(14-11-19)28(34)26-15-20-7-8-22(35-2)16-25(20)31-26/h3-8,15-19,30-31H,9-14H2,1-2H3,(H,29,33). The van der Waals surface area contributed by atoms with E-state index < -0.39 is 0 Å². The fraction of sp³-hybridized carbons (Fsp3) is 0.357. The number of aromatic amines is 2. The lowest BCUT2D eigenvalue weighted by molar-refractivity contribution is -0.126. The molecule has 1 atom stereocenters. The Balaban J connectivity index is 1.11. The lowest BCUT2D eigenvalue weighted by Crippen LogP contribution is -2.43. The Kier molecular flexibility index (Phi) is 6.49. The van der Waals surface area contributed by atoms with Crippen molar-refractivity contribution in [1.82, 2.24) is 20.2 Å². The van der Waals surface area contributed by atoms with Gasteiger partial charge in [-0.3, -0.25) is 9.59 Å². The van der Waals surface area contributed by atoms with Crippen molar-refractivity contribution in [2.75, 3.05) is 26.7 Å². The topological polar surface area (TPSA) is 90.2 Å². The third-order valence-electron chi connectivity index (χ3n) is 7.38. The van der Waals surface area contributed by atoms with Crippen molar-refractivity contribution >= 4 is 33.6 Å². The number of nitrogens with zero attached hydrogens (tertiary/aromatic N) is 1. The molecule has 182 valence electrons. The van der Waals surface area contributed by atoms with E-state index in [2.05, 4.69) is 27.4 Å². The first-order valence-corrected chi connectivity index (χ1v) is 12.3. The van der Waals surface area contributed by atoms with Crippen molar-refractivity contribution in [3.8, 4) is 5.75 Å². The molecule has 0 saturated carbocycles. The highest BCUT2D eigenvalue weighted by Crippen LogP contribution is 2.27. The van der Waals surface area contributed by atoms with Gasteiger partial charge in [-0.05, 0) is 55.0 Å². The van der Waals surface area contributed by atoms with Crippen LogP contribution in [0.5, 0.6) is 5.75 Å². The van der Waals surface area contributed by atoms with Crippen LogP contribution >= 0.6 is 0 Å². The Morgan fingerprint density at radius 1 is 1.11 bits per heavy atom. The summed E-state index contributed by atoms with van der Waals surface area (Å²) in [5, 5.41) is 5.32. The summed E-state index contributed by atoms with van der Waals surface area (Å²) in [5.74, 6) is 1.07. The summed E-state index contributed by atoms with van der Waals surface area (Å²) in [6.07, 6.45) is 4.48. The number of amides is 2. The highest BCUT2D eigenvalue weighted by molar-refractivity contribution is 5.98. The number of carbonyl (C=O) groups excluding carboxylic acids is 2. The number of ether oxygens (including phenoxy) is 1. The van der Waals surface area contributed by atoms with Gasteiger partial charge in [0.2, 0.25) is 5.91 Å². The lowest BCUT2D eigenvalue weighted by Gasteiger charge is -2.34. The molecule has 2 amide bonds. The van der Waals surface area contributed by atoms with E-state index >= 15 is 0 Å². The van der Waals surface area contributed by atoms with Gasteiger partial charge in [0.05, 0.1) is 7.11 Å². The number of H-pyrrole nitrogens is 2. The van der Waals surface area contributed by atoms with Gasteiger partial charge in [-0.25, -0.2) is 0 Å². The van der Waals surface area contributed by atoms with Gasteiger partial charge in [0.15, 0.2) is 0 Å². The fourth-order valence-corrected chi connectivity index (χ4v) is 5.16. The van der Waals surface area contributed by atoms with Gasteiger partial charge < -0.3 is 24.9 Å². The maximum atomic E-state index is 13.1. The van der Waals surface area contributed by atoms with Crippen molar-refractivity contribution in [2.24, 2.45) is 11.8 Å². The second-order valence-corrected chi connectivity index (χ2v) is 9.46. The van der Waals surface area contributed by atoms with E-state index in [-0.39, 0.29) is 23.7 Å². The summed E-state index contributed by atoms with van der Waals surface area (Å²) >= 11 is 0. The minimum Gasteiger partial charge on any atom is -0.497 e. The highest BCUT2D eigenvalue weighted by atomic mass is 16.5. The number of methoxy groups -OCH3 is 1. The zero-order valence-corrected chi connectivity index (χ0v) is 20.3. The van der Waals surface area contributed by atoms with E-state index in [1.807, 2.05) is 54.4 Å². The summed E-state index contributed by atoms with van der Waals surface area (Å²) in [6.45, 7) is 3.95. The maximum absolute atomic E-state index is 13.1. The number of likely N-dealkylation sites (tertiary alicyclic amines) is 1. The minimum absolute atomic E-state index is 0.00875. The molecule has 5 rings (SSSR count). The first-order chi connectivity index (χ1) is 17.0. The lowest BCUT2D eigenvalue weighted by atomic mass is 9.84. The Labute approximate surface area is 204 Å². The molecule has 0 spiro atoms. The van der Waals surface area contributed by atoms with Crippen LogP contribution in [0.25, 0.3) is 21.8 Å². The fourth-order valence-electron chi connectivity index (χ4n) is 5.16. The van der Waals surface area contributed by atoms with Crippen LogP contribution in [0, 0.1) is 11.8 Å². The molecule has 1 unspecified atom stereocenters. The SMILES string of the molecule is COc1ccc2cc(C(=O)N3CCC(C(C)C(=O)NCCc4c[nH]c5ccccc45)CC3)[nH]c2c1. The summed E-state index contributed by atoms with van der Waals surface area (Å²) < 4.78 is 5.27. The number of benzene rings is 2. The molecule has 2 aromatic carbocycles. The van der Waals surface area contributed by atoms with Crippen LogP contribution < -0.4 is 10.1 Å². The van der Waals surface area contributed by atoms with Crippen molar-refractivity contribution in [1.29, 1.82) is 0 Å². The smallest absolute Gasteiger partial charge is 0.270 e. The zero-order chi connectivity index (χ0) is 24.4. The molecule has 1 aliphatic heterocycles. The largest absolute Gasteiger partial charge is 0.497 e.